The number of ether oxygens (including phenoxy) is 1. The second-order valence-corrected chi connectivity index (χ2v) is 8.87. The third-order valence-electron chi connectivity index (χ3n) is 5.96. The van der Waals surface area contributed by atoms with Crippen molar-refractivity contribution in [2.45, 2.75) is 30.3 Å². The van der Waals surface area contributed by atoms with Crippen molar-refractivity contribution in [3.05, 3.63) is 75.4 Å². The molecule has 3 aromatic rings. The third-order valence-corrected chi connectivity index (χ3v) is 6.26. The van der Waals surface area contributed by atoms with Crippen LogP contribution in [0.25, 0.3) is 11.0 Å². The summed E-state index contributed by atoms with van der Waals surface area (Å²) in [5, 5.41) is 6.65. The van der Waals surface area contributed by atoms with Crippen LogP contribution in [0.15, 0.2) is 57.7 Å². The van der Waals surface area contributed by atoms with E-state index in [-0.39, 0.29) is 40.3 Å². The number of carbonyl (C=O) groups excluding carboxylic acids is 2. The van der Waals surface area contributed by atoms with E-state index >= 15 is 0 Å². The Labute approximate surface area is 186 Å². The maximum absolute atomic E-state index is 13.4. The summed E-state index contributed by atoms with van der Waals surface area (Å²) in [4.78, 5) is 36.2. The molecule has 0 saturated heterocycles. The first kappa shape index (κ1) is 20.5. The van der Waals surface area contributed by atoms with Crippen LogP contribution in [0.5, 0.6) is 5.75 Å². The van der Waals surface area contributed by atoms with Crippen LogP contribution in [0.4, 0.5) is 4.39 Å². The fourth-order valence-corrected chi connectivity index (χ4v) is 4.74. The molecule has 0 atom stereocenters. The van der Waals surface area contributed by atoms with Crippen LogP contribution in [0.3, 0.4) is 0 Å². The first-order valence-corrected chi connectivity index (χ1v) is 10.4. The third kappa shape index (κ3) is 3.71. The lowest BCUT2D eigenvalue weighted by atomic mass is 9.44. The van der Waals surface area contributed by atoms with Crippen molar-refractivity contribution in [2.75, 3.05) is 6.61 Å². The zero-order chi connectivity index (χ0) is 22.5. The lowest BCUT2D eigenvalue weighted by Crippen LogP contribution is -2.84. The molecule has 9 heteroatoms. The van der Waals surface area contributed by atoms with Gasteiger partial charge in [0.2, 0.25) is 0 Å². The molecule has 2 aromatic carbocycles. The largest absolute Gasteiger partial charge is 0.484 e. The van der Waals surface area contributed by atoms with Gasteiger partial charge in [-0.05, 0) is 55.7 Å². The van der Waals surface area contributed by atoms with Crippen molar-refractivity contribution in [2.24, 2.45) is 0 Å². The van der Waals surface area contributed by atoms with E-state index in [1.54, 1.807) is 24.3 Å². The first-order valence-electron chi connectivity index (χ1n) is 10.0. The molecule has 1 heterocycles. The molecule has 2 amide bonds. The van der Waals surface area contributed by atoms with Crippen LogP contribution >= 0.6 is 11.6 Å². The van der Waals surface area contributed by atoms with Crippen LogP contribution < -0.4 is 21.0 Å². The average molecular weight is 457 g/mol. The quantitative estimate of drug-likeness (QED) is 0.555. The Balaban J connectivity index is 1.13. The van der Waals surface area contributed by atoms with Gasteiger partial charge in [0.15, 0.2) is 6.61 Å². The fourth-order valence-electron chi connectivity index (χ4n) is 4.63. The summed E-state index contributed by atoms with van der Waals surface area (Å²) in [6, 6.07) is 11.8. The topological polar surface area (TPSA) is 97.6 Å². The minimum absolute atomic E-state index is 0.0155. The highest BCUT2D eigenvalue weighted by molar-refractivity contribution is 6.30. The zero-order valence-electron chi connectivity index (χ0n) is 16.7. The molecule has 7 nitrogen and oxygen atoms in total. The summed E-state index contributed by atoms with van der Waals surface area (Å²) in [6.45, 7) is -0.241. The molecule has 2 N–H and O–H groups in total. The van der Waals surface area contributed by atoms with Gasteiger partial charge in [-0.2, -0.15) is 0 Å². The van der Waals surface area contributed by atoms with Crippen LogP contribution in [-0.2, 0) is 4.79 Å². The Kier molecular flexibility index (Phi) is 4.70. The molecule has 0 unspecified atom stereocenters. The lowest BCUT2D eigenvalue weighted by molar-refractivity contribution is -0.141. The minimum Gasteiger partial charge on any atom is -0.484 e. The predicted molar refractivity (Wildman–Crippen MR) is 114 cm³/mol. The standard InChI is InChI=1S/C23H18ClFN2O5/c24-16-4-3-15(8-17(16)25)31-9-19(28)26-22-10-23(11-22,12-22)27-21(30)14-1-5-18-13(7-14)2-6-20(29)32-18/h1-8H,9-12H2,(H,26,28)(H,27,30). The first-order chi connectivity index (χ1) is 15.2. The summed E-state index contributed by atoms with van der Waals surface area (Å²) >= 11 is 5.63. The van der Waals surface area contributed by atoms with Crippen LogP contribution in [0.2, 0.25) is 5.02 Å². The van der Waals surface area contributed by atoms with Crippen molar-refractivity contribution in [1.29, 1.82) is 0 Å². The smallest absolute Gasteiger partial charge is 0.336 e. The van der Waals surface area contributed by atoms with Gasteiger partial charge in [0.25, 0.3) is 11.8 Å². The van der Waals surface area contributed by atoms with E-state index in [1.165, 1.54) is 18.2 Å². The molecular weight excluding hydrogens is 439 g/mol. The number of hydrogen-bond donors (Lipinski definition) is 2. The van der Waals surface area contributed by atoms with Crippen LogP contribution in [0, 0.1) is 5.82 Å². The molecule has 3 fully saturated rings. The molecule has 164 valence electrons. The van der Waals surface area contributed by atoms with Gasteiger partial charge in [0.1, 0.15) is 17.1 Å². The Morgan fingerprint density at radius 1 is 1.03 bits per heavy atom. The molecule has 0 radical (unpaired) electrons. The SMILES string of the molecule is O=C(COc1ccc(Cl)c(F)c1)NC12CC(NC(=O)c3ccc4oc(=O)ccc4c3)(C1)C2. The predicted octanol–water partition coefficient (Wildman–Crippen LogP) is 3.19. The number of halogens is 2. The normalized spacial score (nSPS) is 23.1. The molecule has 3 saturated carbocycles. The van der Waals surface area contributed by atoms with Crippen molar-refractivity contribution in [3.8, 4) is 5.75 Å². The second-order valence-electron chi connectivity index (χ2n) is 8.46. The van der Waals surface area contributed by atoms with Gasteiger partial charge in [0.05, 0.1) is 5.02 Å². The van der Waals surface area contributed by atoms with Crippen LogP contribution in [-0.4, -0.2) is 29.5 Å². The monoisotopic (exact) mass is 456 g/mol. The Hall–Kier alpha value is -3.39. The molecule has 3 aliphatic carbocycles. The molecule has 0 aliphatic heterocycles. The van der Waals surface area contributed by atoms with Gasteiger partial charge in [-0.1, -0.05) is 11.6 Å². The number of rotatable bonds is 6. The molecule has 1 aromatic heterocycles. The van der Waals surface area contributed by atoms with Gasteiger partial charge >= 0.3 is 5.63 Å². The van der Waals surface area contributed by atoms with Gasteiger partial charge in [-0.15, -0.1) is 0 Å². The maximum atomic E-state index is 13.4. The molecule has 6 rings (SSSR count). The highest BCUT2D eigenvalue weighted by atomic mass is 35.5. The summed E-state index contributed by atoms with van der Waals surface area (Å²) in [5.41, 5.74) is -0.224. The molecule has 32 heavy (non-hydrogen) atoms. The highest BCUT2D eigenvalue weighted by Gasteiger charge is 2.69. The van der Waals surface area contributed by atoms with E-state index in [1.807, 2.05) is 0 Å². The van der Waals surface area contributed by atoms with E-state index in [0.29, 0.717) is 35.8 Å². The Morgan fingerprint density at radius 2 is 1.78 bits per heavy atom. The summed E-state index contributed by atoms with van der Waals surface area (Å²) in [6.07, 6.45) is 1.90. The number of amides is 2. The summed E-state index contributed by atoms with van der Waals surface area (Å²) in [5.74, 6) is -0.919. The minimum atomic E-state index is -0.613. The van der Waals surface area contributed by atoms with E-state index < -0.39 is 11.4 Å². The highest BCUT2D eigenvalue weighted by Crippen LogP contribution is 2.60. The van der Waals surface area contributed by atoms with Gasteiger partial charge < -0.3 is 19.8 Å². The van der Waals surface area contributed by atoms with E-state index in [0.717, 1.165) is 6.07 Å². The van der Waals surface area contributed by atoms with E-state index in [9.17, 15) is 18.8 Å². The molecular formula is C23H18ClFN2O5. The number of fused-ring (bicyclic) bond motifs is 1. The molecule has 3 aliphatic rings. The Morgan fingerprint density at radius 3 is 2.53 bits per heavy atom. The molecule has 0 spiro atoms. The van der Waals surface area contributed by atoms with Crippen molar-refractivity contribution >= 4 is 34.4 Å². The number of carbonyl (C=O) groups is 2. The Bertz CT molecular complexity index is 1300. The summed E-state index contributed by atoms with van der Waals surface area (Å²) in [7, 11) is 0. The average Bonchev–Trinajstić information content (AvgIpc) is 2.71. The summed E-state index contributed by atoms with van der Waals surface area (Å²) < 4.78 is 23.8. The van der Waals surface area contributed by atoms with E-state index in [2.05, 4.69) is 10.6 Å². The number of hydrogen-bond acceptors (Lipinski definition) is 5. The second kappa shape index (κ2) is 7.34. The fraction of sp³-hybridized carbons (Fsp3) is 0.261. The number of nitrogens with one attached hydrogen (secondary N) is 2. The maximum Gasteiger partial charge on any atom is 0.336 e. The van der Waals surface area contributed by atoms with E-state index in [4.69, 9.17) is 20.8 Å². The molecule has 2 bridgehead atoms. The van der Waals surface area contributed by atoms with Gasteiger partial charge in [-0.3, -0.25) is 9.59 Å². The number of benzene rings is 2. The van der Waals surface area contributed by atoms with Gasteiger partial charge in [-0.25, -0.2) is 9.18 Å². The van der Waals surface area contributed by atoms with Crippen molar-refractivity contribution in [3.63, 3.8) is 0 Å². The van der Waals surface area contributed by atoms with Crippen molar-refractivity contribution in [1.82, 2.24) is 10.6 Å². The van der Waals surface area contributed by atoms with Crippen LogP contribution in [0.1, 0.15) is 29.6 Å². The van der Waals surface area contributed by atoms with Crippen molar-refractivity contribution < 1.29 is 23.1 Å². The zero-order valence-corrected chi connectivity index (χ0v) is 17.5. The van der Waals surface area contributed by atoms with Gasteiger partial charge in [0, 0.05) is 34.2 Å². The lowest BCUT2D eigenvalue weighted by Gasteiger charge is -2.70.